The Kier molecular flexibility index (Phi) is 1.98. The second-order valence-electron chi connectivity index (χ2n) is 1.88. The van der Waals surface area contributed by atoms with Crippen molar-refractivity contribution < 1.29 is 4.74 Å². The maximum Gasteiger partial charge on any atom is 0.148 e. The standard InChI is InChI=1S/C8H8OS/c1-4-7-5-10-6(2)8(7)9-3/h1,5H,2-3H3. The van der Waals surface area contributed by atoms with Crippen molar-refractivity contribution in [3.8, 4) is 18.1 Å². The molecule has 2 heteroatoms. The molecule has 0 amide bonds. The number of methoxy groups -OCH3 is 1. The van der Waals surface area contributed by atoms with Crippen molar-refractivity contribution >= 4 is 11.3 Å². The molecule has 10 heavy (non-hydrogen) atoms. The summed E-state index contributed by atoms with van der Waals surface area (Å²) in [6.07, 6.45) is 5.22. The molecular weight excluding hydrogens is 144 g/mol. The number of thiophene rings is 1. The smallest absolute Gasteiger partial charge is 0.148 e. The zero-order chi connectivity index (χ0) is 7.56. The third-order valence-corrected chi connectivity index (χ3v) is 2.17. The summed E-state index contributed by atoms with van der Waals surface area (Å²) >= 11 is 1.61. The summed E-state index contributed by atoms with van der Waals surface area (Å²) in [7, 11) is 1.63. The first-order valence-electron chi connectivity index (χ1n) is 2.88. The molecule has 1 rings (SSSR count). The highest BCUT2D eigenvalue weighted by molar-refractivity contribution is 7.10. The molecule has 0 aliphatic carbocycles. The van der Waals surface area contributed by atoms with E-state index in [0.29, 0.717) is 0 Å². The van der Waals surface area contributed by atoms with Gasteiger partial charge in [-0.25, -0.2) is 0 Å². The second-order valence-corrected chi connectivity index (χ2v) is 2.97. The van der Waals surface area contributed by atoms with Gasteiger partial charge in [0, 0.05) is 10.3 Å². The Bertz CT molecular complexity index is 267. The molecule has 52 valence electrons. The summed E-state index contributed by atoms with van der Waals surface area (Å²) in [5, 5.41) is 1.92. The molecule has 1 heterocycles. The number of ether oxygens (including phenoxy) is 1. The van der Waals surface area contributed by atoms with E-state index in [0.717, 1.165) is 16.2 Å². The van der Waals surface area contributed by atoms with Crippen LogP contribution in [-0.4, -0.2) is 7.11 Å². The van der Waals surface area contributed by atoms with Gasteiger partial charge in [0.25, 0.3) is 0 Å². The van der Waals surface area contributed by atoms with Gasteiger partial charge in [-0.3, -0.25) is 0 Å². The normalized spacial score (nSPS) is 8.90. The highest BCUT2D eigenvalue weighted by Gasteiger charge is 2.04. The third kappa shape index (κ3) is 1.01. The van der Waals surface area contributed by atoms with Crippen molar-refractivity contribution in [2.75, 3.05) is 7.11 Å². The van der Waals surface area contributed by atoms with Crippen LogP contribution in [0.3, 0.4) is 0 Å². The van der Waals surface area contributed by atoms with Crippen LogP contribution in [0.5, 0.6) is 5.75 Å². The molecule has 1 nitrogen and oxygen atoms in total. The summed E-state index contributed by atoms with van der Waals surface area (Å²) in [4.78, 5) is 1.13. The average Bonchev–Trinajstić information content (AvgIpc) is 2.30. The Balaban J connectivity index is 3.16. The molecule has 0 fully saturated rings. The van der Waals surface area contributed by atoms with Crippen LogP contribution in [0.1, 0.15) is 10.4 Å². The zero-order valence-corrected chi connectivity index (χ0v) is 6.79. The summed E-state index contributed by atoms with van der Waals surface area (Å²) in [6, 6.07) is 0. The lowest BCUT2D eigenvalue weighted by atomic mass is 10.3. The highest BCUT2D eigenvalue weighted by atomic mass is 32.1. The van der Waals surface area contributed by atoms with Gasteiger partial charge in [-0.15, -0.1) is 17.8 Å². The Labute approximate surface area is 64.6 Å². The Hall–Kier alpha value is -0.940. The number of hydrogen-bond donors (Lipinski definition) is 0. The topological polar surface area (TPSA) is 9.23 Å². The van der Waals surface area contributed by atoms with Gasteiger partial charge in [-0.05, 0) is 6.92 Å². The van der Waals surface area contributed by atoms with Crippen LogP contribution in [0.2, 0.25) is 0 Å². The molecule has 0 N–H and O–H groups in total. The summed E-state index contributed by atoms with van der Waals surface area (Å²) in [6.45, 7) is 1.99. The first kappa shape index (κ1) is 7.17. The lowest BCUT2D eigenvalue weighted by Gasteiger charge is -1.96. The van der Waals surface area contributed by atoms with Crippen molar-refractivity contribution in [1.82, 2.24) is 0 Å². The quantitative estimate of drug-likeness (QED) is 0.559. The predicted octanol–water partition coefficient (Wildman–Crippen LogP) is 2.05. The lowest BCUT2D eigenvalue weighted by molar-refractivity contribution is 0.413. The molecule has 0 aliphatic heterocycles. The lowest BCUT2D eigenvalue weighted by Crippen LogP contribution is -1.83. The molecule has 0 bridgehead atoms. The van der Waals surface area contributed by atoms with Crippen LogP contribution < -0.4 is 4.74 Å². The minimum absolute atomic E-state index is 0.840. The fourth-order valence-electron chi connectivity index (χ4n) is 0.797. The maximum absolute atomic E-state index is 5.22. The van der Waals surface area contributed by atoms with E-state index in [1.54, 1.807) is 18.4 Å². The molecule has 1 aromatic heterocycles. The van der Waals surface area contributed by atoms with Crippen LogP contribution in [0, 0.1) is 19.3 Å². The number of aryl methyl sites for hydroxylation is 1. The Morgan fingerprint density at radius 2 is 2.40 bits per heavy atom. The summed E-state index contributed by atoms with van der Waals surface area (Å²) in [5.41, 5.74) is 0.852. The van der Waals surface area contributed by atoms with E-state index in [9.17, 15) is 0 Å². The van der Waals surface area contributed by atoms with Gasteiger partial charge in [-0.1, -0.05) is 5.92 Å². The van der Waals surface area contributed by atoms with Gasteiger partial charge in [0.05, 0.1) is 12.7 Å². The maximum atomic E-state index is 5.22. The molecule has 0 atom stereocenters. The fourth-order valence-corrected chi connectivity index (χ4v) is 1.57. The van der Waals surface area contributed by atoms with Crippen LogP contribution in [-0.2, 0) is 0 Å². The van der Waals surface area contributed by atoms with Gasteiger partial charge in [-0.2, -0.15) is 0 Å². The van der Waals surface area contributed by atoms with Gasteiger partial charge in [0.2, 0.25) is 0 Å². The molecule has 0 aromatic carbocycles. The van der Waals surface area contributed by atoms with Crippen LogP contribution in [0.25, 0.3) is 0 Å². The molecule has 0 radical (unpaired) electrons. The van der Waals surface area contributed by atoms with Crippen molar-refractivity contribution in [3.63, 3.8) is 0 Å². The summed E-state index contributed by atoms with van der Waals surface area (Å²) < 4.78 is 5.07. The largest absolute Gasteiger partial charge is 0.494 e. The molecule has 1 aromatic rings. The van der Waals surface area contributed by atoms with Crippen molar-refractivity contribution in [1.29, 1.82) is 0 Å². The molecule has 0 unspecified atom stereocenters. The van der Waals surface area contributed by atoms with E-state index in [4.69, 9.17) is 11.2 Å². The SMILES string of the molecule is C#Cc1csc(C)c1OC. The third-order valence-electron chi connectivity index (χ3n) is 1.28. The van der Waals surface area contributed by atoms with Gasteiger partial charge >= 0.3 is 0 Å². The van der Waals surface area contributed by atoms with E-state index < -0.39 is 0 Å². The second kappa shape index (κ2) is 2.76. The molecular formula is C8H8OS. The van der Waals surface area contributed by atoms with Gasteiger partial charge < -0.3 is 4.74 Å². The van der Waals surface area contributed by atoms with Crippen LogP contribution in [0.15, 0.2) is 5.38 Å². The fraction of sp³-hybridized carbons (Fsp3) is 0.250. The number of hydrogen-bond acceptors (Lipinski definition) is 2. The Morgan fingerprint density at radius 1 is 1.70 bits per heavy atom. The monoisotopic (exact) mass is 152 g/mol. The van der Waals surface area contributed by atoms with Crippen molar-refractivity contribution in [3.05, 3.63) is 15.8 Å². The van der Waals surface area contributed by atoms with E-state index >= 15 is 0 Å². The van der Waals surface area contributed by atoms with Gasteiger partial charge in [0.1, 0.15) is 5.75 Å². The van der Waals surface area contributed by atoms with Crippen LogP contribution >= 0.6 is 11.3 Å². The number of rotatable bonds is 1. The van der Waals surface area contributed by atoms with E-state index in [1.165, 1.54) is 0 Å². The summed E-state index contributed by atoms with van der Waals surface area (Å²) in [5.74, 6) is 3.39. The van der Waals surface area contributed by atoms with Crippen LogP contribution in [0.4, 0.5) is 0 Å². The van der Waals surface area contributed by atoms with E-state index in [2.05, 4.69) is 5.92 Å². The van der Waals surface area contributed by atoms with Gasteiger partial charge in [0.15, 0.2) is 0 Å². The minimum atomic E-state index is 0.840. The van der Waals surface area contributed by atoms with E-state index in [1.807, 2.05) is 12.3 Å². The average molecular weight is 152 g/mol. The van der Waals surface area contributed by atoms with Crippen molar-refractivity contribution in [2.45, 2.75) is 6.92 Å². The molecule has 0 aliphatic rings. The predicted molar refractivity (Wildman–Crippen MR) is 43.5 cm³/mol. The first-order chi connectivity index (χ1) is 4.79. The van der Waals surface area contributed by atoms with Crippen molar-refractivity contribution in [2.24, 2.45) is 0 Å². The molecule has 0 saturated carbocycles. The number of terminal acetylenes is 1. The minimum Gasteiger partial charge on any atom is -0.494 e. The first-order valence-corrected chi connectivity index (χ1v) is 3.76. The zero-order valence-electron chi connectivity index (χ0n) is 5.97. The van der Waals surface area contributed by atoms with E-state index in [-0.39, 0.29) is 0 Å². The Morgan fingerprint density at radius 3 is 2.80 bits per heavy atom. The highest BCUT2D eigenvalue weighted by Crippen LogP contribution is 2.28. The molecule has 0 spiro atoms. The molecule has 0 saturated heterocycles.